The fourth-order valence-corrected chi connectivity index (χ4v) is 1.41. The lowest BCUT2D eigenvalue weighted by Crippen LogP contribution is -2.46. The molecular formula is C12H14FN3O. The fourth-order valence-electron chi connectivity index (χ4n) is 1.41. The van der Waals surface area contributed by atoms with E-state index < -0.39 is 17.4 Å². The van der Waals surface area contributed by atoms with Gasteiger partial charge in [0.25, 0.3) is 5.91 Å². The van der Waals surface area contributed by atoms with Gasteiger partial charge in [0.1, 0.15) is 5.54 Å². The Bertz CT molecular complexity index is 432. The van der Waals surface area contributed by atoms with Crippen LogP contribution in [-0.4, -0.2) is 16.4 Å². The first-order valence-electron chi connectivity index (χ1n) is 5.42. The maximum absolute atomic E-state index is 12.6. The molecule has 90 valence electrons. The second-order valence-corrected chi connectivity index (χ2v) is 3.72. The summed E-state index contributed by atoms with van der Waals surface area (Å²) in [5, 5.41) is 11.7. The largest absolute Gasteiger partial charge is 0.334 e. The molecular weight excluding hydrogens is 221 g/mol. The van der Waals surface area contributed by atoms with Crippen molar-refractivity contribution >= 4 is 5.91 Å². The van der Waals surface area contributed by atoms with Gasteiger partial charge in [-0.2, -0.15) is 9.65 Å². The van der Waals surface area contributed by atoms with Crippen molar-refractivity contribution < 1.29 is 9.18 Å². The molecule has 17 heavy (non-hydrogen) atoms. The first-order valence-corrected chi connectivity index (χ1v) is 5.42. The highest BCUT2D eigenvalue weighted by Crippen LogP contribution is 2.14. The molecule has 0 unspecified atom stereocenters. The number of pyridine rings is 1. The van der Waals surface area contributed by atoms with Gasteiger partial charge in [-0.25, -0.2) is 4.98 Å². The summed E-state index contributed by atoms with van der Waals surface area (Å²) >= 11 is 0. The number of carbonyl (C=O) groups is 1. The lowest BCUT2D eigenvalue weighted by molar-refractivity contribution is 0.0915. The predicted octanol–water partition coefficient (Wildman–Crippen LogP) is 2.03. The molecule has 0 bridgehead atoms. The van der Waals surface area contributed by atoms with Gasteiger partial charge in [0.05, 0.1) is 11.6 Å². The standard InChI is InChI=1S/C12H14FN3O/c1-3-12(4-2,8-14)16-11(17)9-5-6-10(13)15-7-9/h5-7H,3-4H2,1-2H3,(H,16,17). The highest BCUT2D eigenvalue weighted by atomic mass is 19.1. The molecule has 0 aliphatic rings. The van der Waals surface area contributed by atoms with Crippen LogP contribution in [0.2, 0.25) is 0 Å². The van der Waals surface area contributed by atoms with E-state index in [0.29, 0.717) is 12.8 Å². The van der Waals surface area contributed by atoms with E-state index in [-0.39, 0.29) is 5.56 Å². The van der Waals surface area contributed by atoms with E-state index in [2.05, 4.69) is 16.4 Å². The molecule has 1 N–H and O–H groups in total. The molecule has 0 spiro atoms. The number of halogens is 1. The molecule has 0 fully saturated rings. The summed E-state index contributed by atoms with van der Waals surface area (Å²) in [6, 6.07) is 4.55. The molecule has 1 heterocycles. The van der Waals surface area contributed by atoms with Crippen molar-refractivity contribution in [3.05, 3.63) is 29.8 Å². The highest BCUT2D eigenvalue weighted by molar-refractivity contribution is 5.94. The second kappa shape index (κ2) is 5.39. The monoisotopic (exact) mass is 235 g/mol. The number of carbonyl (C=O) groups excluding carboxylic acids is 1. The molecule has 1 amide bonds. The van der Waals surface area contributed by atoms with Crippen LogP contribution in [0.3, 0.4) is 0 Å². The number of nitriles is 1. The molecule has 4 nitrogen and oxygen atoms in total. The van der Waals surface area contributed by atoms with E-state index >= 15 is 0 Å². The van der Waals surface area contributed by atoms with Crippen LogP contribution in [0.5, 0.6) is 0 Å². The predicted molar refractivity (Wildman–Crippen MR) is 60.6 cm³/mol. The number of hydrogen-bond donors (Lipinski definition) is 1. The average molecular weight is 235 g/mol. The number of hydrogen-bond acceptors (Lipinski definition) is 3. The first-order chi connectivity index (χ1) is 8.06. The second-order valence-electron chi connectivity index (χ2n) is 3.72. The summed E-state index contributed by atoms with van der Waals surface area (Å²) < 4.78 is 12.6. The molecule has 5 heteroatoms. The van der Waals surface area contributed by atoms with Crippen LogP contribution in [0.25, 0.3) is 0 Å². The molecule has 0 radical (unpaired) electrons. The third-order valence-corrected chi connectivity index (χ3v) is 2.76. The minimum atomic E-state index is -0.870. The van der Waals surface area contributed by atoms with Gasteiger partial charge in [-0.1, -0.05) is 13.8 Å². The van der Waals surface area contributed by atoms with Gasteiger partial charge in [-0.15, -0.1) is 0 Å². The van der Waals surface area contributed by atoms with Crippen LogP contribution in [0.15, 0.2) is 18.3 Å². The molecule has 0 atom stereocenters. The fraction of sp³-hybridized carbons (Fsp3) is 0.417. The number of nitrogens with one attached hydrogen (secondary N) is 1. The minimum Gasteiger partial charge on any atom is -0.334 e. The summed E-state index contributed by atoms with van der Waals surface area (Å²) in [5.41, 5.74) is -0.626. The van der Waals surface area contributed by atoms with Crippen LogP contribution in [-0.2, 0) is 0 Å². The average Bonchev–Trinajstić information content (AvgIpc) is 2.37. The molecule has 0 aromatic carbocycles. The van der Waals surface area contributed by atoms with Crippen LogP contribution in [0.1, 0.15) is 37.0 Å². The van der Waals surface area contributed by atoms with Crippen LogP contribution in [0, 0.1) is 17.3 Å². The molecule has 0 aliphatic heterocycles. The van der Waals surface area contributed by atoms with E-state index in [0.717, 1.165) is 12.3 Å². The summed E-state index contributed by atoms with van der Waals surface area (Å²) in [6.07, 6.45) is 2.18. The van der Waals surface area contributed by atoms with E-state index in [1.54, 1.807) is 0 Å². The van der Waals surface area contributed by atoms with Crippen molar-refractivity contribution in [3.63, 3.8) is 0 Å². The zero-order chi connectivity index (χ0) is 12.9. The van der Waals surface area contributed by atoms with Gasteiger partial charge >= 0.3 is 0 Å². The number of aromatic nitrogens is 1. The van der Waals surface area contributed by atoms with E-state index in [9.17, 15) is 9.18 Å². The Morgan fingerprint density at radius 1 is 1.53 bits per heavy atom. The molecule has 1 rings (SSSR count). The van der Waals surface area contributed by atoms with Crippen molar-refractivity contribution in [3.8, 4) is 6.07 Å². The summed E-state index contributed by atoms with van der Waals surface area (Å²) in [5.74, 6) is -1.05. The van der Waals surface area contributed by atoms with Crippen molar-refractivity contribution in [2.24, 2.45) is 0 Å². The van der Waals surface area contributed by atoms with Crippen molar-refractivity contribution in [1.82, 2.24) is 10.3 Å². The quantitative estimate of drug-likeness (QED) is 0.812. The Morgan fingerprint density at radius 3 is 2.59 bits per heavy atom. The van der Waals surface area contributed by atoms with E-state index in [1.807, 2.05) is 13.8 Å². The van der Waals surface area contributed by atoms with Gasteiger partial charge in [0.2, 0.25) is 5.95 Å². The Labute approximate surface area is 99.5 Å². The van der Waals surface area contributed by atoms with Crippen molar-refractivity contribution in [2.45, 2.75) is 32.2 Å². The third kappa shape index (κ3) is 3.00. The lowest BCUT2D eigenvalue weighted by atomic mass is 9.94. The maximum atomic E-state index is 12.6. The van der Waals surface area contributed by atoms with Crippen LogP contribution >= 0.6 is 0 Å². The van der Waals surface area contributed by atoms with Crippen LogP contribution in [0.4, 0.5) is 4.39 Å². The van der Waals surface area contributed by atoms with Gasteiger partial charge in [-0.3, -0.25) is 4.79 Å². The molecule has 0 aliphatic carbocycles. The molecule has 1 aromatic heterocycles. The third-order valence-electron chi connectivity index (χ3n) is 2.76. The lowest BCUT2D eigenvalue weighted by Gasteiger charge is -2.24. The zero-order valence-electron chi connectivity index (χ0n) is 9.83. The smallest absolute Gasteiger partial charge is 0.254 e. The number of rotatable bonds is 4. The van der Waals surface area contributed by atoms with Crippen molar-refractivity contribution in [1.29, 1.82) is 5.26 Å². The van der Waals surface area contributed by atoms with Crippen LogP contribution < -0.4 is 5.32 Å². The molecule has 0 saturated heterocycles. The summed E-state index contributed by atoms with van der Waals surface area (Å²) in [6.45, 7) is 3.66. The molecule has 0 saturated carbocycles. The summed E-state index contributed by atoms with van der Waals surface area (Å²) in [7, 11) is 0. The highest BCUT2D eigenvalue weighted by Gasteiger charge is 2.28. The van der Waals surface area contributed by atoms with E-state index in [4.69, 9.17) is 5.26 Å². The maximum Gasteiger partial charge on any atom is 0.254 e. The minimum absolute atomic E-state index is 0.243. The van der Waals surface area contributed by atoms with Gasteiger partial charge < -0.3 is 5.32 Å². The first kappa shape index (κ1) is 13.1. The number of nitrogens with zero attached hydrogens (tertiary/aromatic N) is 2. The van der Waals surface area contributed by atoms with Gasteiger partial charge in [-0.05, 0) is 25.0 Å². The zero-order valence-corrected chi connectivity index (χ0v) is 9.83. The van der Waals surface area contributed by atoms with E-state index in [1.165, 1.54) is 6.07 Å². The van der Waals surface area contributed by atoms with Gasteiger partial charge in [0, 0.05) is 6.20 Å². The Hall–Kier alpha value is -1.96. The SMILES string of the molecule is CCC(C#N)(CC)NC(=O)c1ccc(F)nc1. The Balaban J connectivity index is 2.85. The Morgan fingerprint density at radius 2 is 2.18 bits per heavy atom. The number of amides is 1. The summed E-state index contributed by atoms with van der Waals surface area (Å²) in [4.78, 5) is 15.2. The topological polar surface area (TPSA) is 65.8 Å². The Kier molecular flexibility index (Phi) is 4.16. The van der Waals surface area contributed by atoms with Gasteiger partial charge in [0.15, 0.2) is 0 Å². The normalized spacial score (nSPS) is 10.7. The van der Waals surface area contributed by atoms with Crippen molar-refractivity contribution in [2.75, 3.05) is 0 Å². The molecule has 1 aromatic rings.